The molecule has 0 aromatic heterocycles. The molecule has 1 unspecified atom stereocenters. The number of carbonyl (C=O) groups excluding carboxylic acids is 1. The van der Waals surface area contributed by atoms with Gasteiger partial charge in [-0.2, -0.15) is 0 Å². The van der Waals surface area contributed by atoms with E-state index in [-0.39, 0.29) is 34.2 Å². The van der Waals surface area contributed by atoms with Crippen molar-refractivity contribution in [1.29, 1.82) is 0 Å². The molecule has 0 saturated heterocycles. The van der Waals surface area contributed by atoms with E-state index in [9.17, 15) is 14.7 Å². The van der Waals surface area contributed by atoms with Crippen LogP contribution in [-0.4, -0.2) is 23.1 Å². The largest absolute Gasteiger partial charge is 0.481 e. The molecule has 0 radical (unpaired) electrons. The van der Waals surface area contributed by atoms with Gasteiger partial charge in [0.15, 0.2) is 0 Å². The van der Waals surface area contributed by atoms with E-state index < -0.39 is 11.4 Å². The fourth-order valence-electron chi connectivity index (χ4n) is 11.2. The Kier molecular flexibility index (Phi) is 5.91. The number of carbonyl (C=O) groups is 2. The van der Waals surface area contributed by atoms with Crippen molar-refractivity contribution in [3.05, 3.63) is 11.6 Å². The summed E-state index contributed by atoms with van der Waals surface area (Å²) >= 11 is 0. The first kappa shape index (κ1) is 26.3. The standard InChI is InChI=1S/C32H50O4/c1-19-11-14-28(4)17-18-30(6)22(26(28)20(19)2)9-10-24-31(30,7)16-12-23-29(5,27(34)35)15-13-25(32(23,24)8)36-21(3)33/h9,19-20,23-26H,10-18H2,1-8H3,(H,34,35)/t19-,20+,23+,24+,25?,26+,28-,29+,30-,31-,32+/m1/s1. The zero-order valence-corrected chi connectivity index (χ0v) is 24.1. The number of hydrogen-bond donors (Lipinski definition) is 1. The highest BCUT2D eigenvalue weighted by molar-refractivity contribution is 5.75. The van der Waals surface area contributed by atoms with Crippen LogP contribution in [-0.2, 0) is 14.3 Å². The summed E-state index contributed by atoms with van der Waals surface area (Å²) in [5.41, 5.74) is 1.18. The van der Waals surface area contributed by atoms with Crippen molar-refractivity contribution in [2.75, 3.05) is 0 Å². The molecular formula is C32H50O4. The third-order valence-electron chi connectivity index (χ3n) is 13.8. The van der Waals surface area contributed by atoms with Crippen molar-refractivity contribution >= 4 is 11.9 Å². The van der Waals surface area contributed by atoms with Gasteiger partial charge in [0.1, 0.15) is 6.10 Å². The number of carboxylic acids is 1. The molecule has 4 heteroatoms. The molecule has 0 heterocycles. The number of esters is 1. The second-order valence-corrected chi connectivity index (χ2v) is 15.0. The predicted molar refractivity (Wildman–Crippen MR) is 142 cm³/mol. The SMILES string of the molecule is CC(=O)OC1CC[C@](C)(C(=O)O)[C@@H]2CC[C@]3(C)[C@H](CC=C4[C@@H]5[C@@H](C)[C@H](C)CC[C@]5(C)CC[C@]43C)[C@@]12C. The summed E-state index contributed by atoms with van der Waals surface area (Å²) in [6, 6.07) is 0. The maximum absolute atomic E-state index is 12.7. The van der Waals surface area contributed by atoms with Gasteiger partial charge >= 0.3 is 11.9 Å². The summed E-state index contributed by atoms with van der Waals surface area (Å²) in [7, 11) is 0. The van der Waals surface area contributed by atoms with E-state index in [0.717, 1.165) is 25.2 Å². The smallest absolute Gasteiger partial charge is 0.309 e. The number of hydrogen-bond acceptors (Lipinski definition) is 3. The maximum Gasteiger partial charge on any atom is 0.309 e. The molecule has 4 nitrogen and oxygen atoms in total. The van der Waals surface area contributed by atoms with Crippen LogP contribution >= 0.6 is 0 Å². The summed E-state index contributed by atoms with van der Waals surface area (Å²) in [6.07, 6.45) is 11.8. The van der Waals surface area contributed by atoms with E-state index in [1.54, 1.807) is 5.57 Å². The van der Waals surface area contributed by atoms with Crippen LogP contribution in [0.2, 0.25) is 0 Å². The Hall–Kier alpha value is -1.32. The first-order chi connectivity index (χ1) is 16.6. The first-order valence-corrected chi connectivity index (χ1v) is 14.8. The summed E-state index contributed by atoms with van der Waals surface area (Å²) in [5.74, 6) is 1.50. The van der Waals surface area contributed by atoms with Crippen LogP contribution in [0.5, 0.6) is 0 Å². The van der Waals surface area contributed by atoms with Gasteiger partial charge in [-0.25, -0.2) is 0 Å². The second kappa shape index (κ2) is 8.09. The Morgan fingerprint density at radius 1 is 0.917 bits per heavy atom. The molecule has 0 aliphatic heterocycles. The monoisotopic (exact) mass is 498 g/mol. The molecule has 5 aliphatic rings. The van der Waals surface area contributed by atoms with Gasteiger partial charge in [0.2, 0.25) is 0 Å². The van der Waals surface area contributed by atoms with Gasteiger partial charge in [-0.1, -0.05) is 53.2 Å². The molecule has 4 saturated carbocycles. The van der Waals surface area contributed by atoms with Crippen LogP contribution in [0.25, 0.3) is 0 Å². The lowest BCUT2D eigenvalue weighted by Gasteiger charge is -2.71. The number of allylic oxidation sites excluding steroid dienone is 2. The minimum Gasteiger partial charge on any atom is -0.481 e. The summed E-state index contributed by atoms with van der Waals surface area (Å²) < 4.78 is 6.08. The highest BCUT2D eigenvalue weighted by Crippen LogP contribution is 2.76. The van der Waals surface area contributed by atoms with Crippen molar-refractivity contribution in [3.63, 3.8) is 0 Å². The molecule has 0 aromatic carbocycles. The first-order valence-electron chi connectivity index (χ1n) is 14.8. The van der Waals surface area contributed by atoms with Crippen molar-refractivity contribution in [2.45, 2.75) is 119 Å². The van der Waals surface area contributed by atoms with Crippen molar-refractivity contribution < 1.29 is 19.4 Å². The third kappa shape index (κ3) is 3.17. The quantitative estimate of drug-likeness (QED) is 0.313. The number of carboxylic acid groups (broad SMARTS) is 1. The number of rotatable bonds is 2. The predicted octanol–water partition coefficient (Wildman–Crippen LogP) is 7.66. The summed E-state index contributed by atoms with van der Waals surface area (Å²) in [6.45, 7) is 18.4. The lowest BCUT2D eigenvalue weighted by molar-refractivity contribution is -0.234. The van der Waals surface area contributed by atoms with Crippen molar-refractivity contribution in [1.82, 2.24) is 0 Å². The van der Waals surface area contributed by atoms with Crippen molar-refractivity contribution in [2.24, 2.45) is 56.7 Å². The third-order valence-corrected chi connectivity index (χ3v) is 13.8. The fraction of sp³-hybridized carbons (Fsp3) is 0.875. The van der Waals surface area contributed by atoms with Crippen LogP contribution in [0.15, 0.2) is 11.6 Å². The molecule has 0 spiro atoms. The Morgan fingerprint density at radius 2 is 1.61 bits per heavy atom. The molecule has 11 atom stereocenters. The number of aliphatic carboxylic acids is 1. The molecule has 202 valence electrons. The highest BCUT2D eigenvalue weighted by Gasteiger charge is 2.71. The van der Waals surface area contributed by atoms with Crippen LogP contribution in [0.1, 0.15) is 113 Å². The number of fused-ring (bicyclic) bond motifs is 7. The van der Waals surface area contributed by atoms with Gasteiger partial charge in [0, 0.05) is 12.3 Å². The Bertz CT molecular complexity index is 985. The van der Waals surface area contributed by atoms with Crippen LogP contribution in [0.4, 0.5) is 0 Å². The lowest BCUT2D eigenvalue weighted by atomic mass is 9.33. The van der Waals surface area contributed by atoms with E-state index in [1.807, 2.05) is 6.92 Å². The summed E-state index contributed by atoms with van der Waals surface area (Å²) in [4.78, 5) is 24.9. The van der Waals surface area contributed by atoms with Crippen LogP contribution in [0.3, 0.4) is 0 Å². The molecular weight excluding hydrogens is 448 g/mol. The molecule has 0 aromatic rings. The molecule has 36 heavy (non-hydrogen) atoms. The second-order valence-electron chi connectivity index (χ2n) is 15.0. The highest BCUT2D eigenvalue weighted by atomic mass is 16.5. The maximum atomic E-state index is 12.7. The fourth-order valence-corrected chi connectivity index (χ4v) is 11.2. The average Bonchev–Trinajstić information content (AvgIpc) is 2.79. The molecule has 4 fully saturated rings. The van der Waals surface area contributed by atoms with E-state index >= 15 is 0 Å². The van der Waals surface area contributed by atoms with E-state index in [1.165, 1.54) is 32.6 Å². The van der Waals surface area contributed by atoms with Gasteiger partial charge in [0.25, 0.3) is 0 Å². The molecule has 0 amide bonds. The van der Waals surface area contributed by atoms with Gasteiger partial charge in [-0.05, 0) is 111 Å². The minimum absolute atomic E-state index is 0.0136. The van der Waals surface area contributed by atoms with Gasteiger partial charge < -0.3 is 9.84 Å². The molecule has 1 N–H and O–H groups in total. The minimum atomic E-state index is -0.768. The van der Waals surface area contributed by atoms with Crippen LogP contribution in [0, 0.1) is 56.7 Å². The zero-order chi connectivity index (χ0) is 26.5. The average molecular weight is 499 g/mol. The number of ether oxygens (including phenoxy) is 1. The zero-order valence-electron chi connectivity index (χ0n) is 24.1. The van der Waals surface area contributed by atoms with E-state index in [4.69, 9.17) is 4.74 Å². The Balaban J connectivity index is 1.64. The van der Waals surface area contributed by atoms with Gasteiger partial charge in [-0.15, -0.1) is 0 Å². The molecule has 5 rings (SSSR count). The normalized spacial score (nSPS) is 54.2. The topological polar surface area (TPSA) is 63.6 Å². The summed E-state index contributed by atoms with van der Waals surface area (Å²) in [5, 5.41) is 10.4. The van der Waals surface area contributed by atoms with E-state index in [2.05, 4.69) is 47.6 Å². The molecule has 5 aliphatic carbocycles. The van der Waals surface area contributed by atoms with Gasteiger partial charge in [0.05, 0.1) is 5.41 Å². The Labute approximate surface area is 219 Å². The van der Waals surface area contributed by atoms with E-state index in [0.29, 0.717) is 36.0 Å². The van der Waals surface area contributed by atoms with Crippen LogP contribution < -0.4 is 0 Å². The van der Waals surface area contributed by atoms with Gasteiger partial charge in [-0.3, -0.25) is 9.59 Å². The molecule has 0 bridgehead atoms. The lowest BCUT2D eigenvalue weighted by Crippen LogP contribution is -2.67. The van der Waals surface area contributed by atoms with Crippen molar-refractivity contribution in [3.8, 4) is 0 Å². The Morgan fingerprint density at radius 3 is 2.25 bits per heavy atom.